The molecule has 0 aliphatic carbocycles. The first kappa shape index (κ1) is 14.6. The first-order valence-corrected chi connectivity index (χ1v) is 7.90. The molecule has 2 aromatic heterocycles. The fraction of sp³-hybridized carbons (Fsp3) is 0.222. The Balaban J connectivity index is 1.43. The number of hydrogen-bond acceptors (Lipinski definition) is 3. The van der Waals surface area contributed by atoms with Crippen LogP contribution in [0.5, 0.6) is 5.75 Å². The fourth-order valence-corrected chi connectivity index (χ4v) is 2.92. The van der Waals surface area contributed by atoms with Crippen molar-refractivity contribution >= 4 is 5.91 Å². The van der Waals surface area contributed by atoms with Gasteiger partial charge in [0.2, 0.25) is 0 Å². The number of carbonyl (C=O) groups is 1. The molecule has 122 valence electrons. The molecule has 0 fully saturated rings. The van der Waals surface area contributed by atoms with Crippen LogP contribution in [0.15, 0.2) is 42.6 Å². The summed E-state index contributed by atoms with van der Waals surface area (Å²) in [7, 11) is 1.95. The predicted octanol–water partition coefficient (Wildman–Crippen LogP) is 2.28. The van der Waals surface area contributed by atoms with Gasteiger partial charge in [0.1, 0.15) is 17.1 Å². The van der Waals surface area contributed by atoms with Crippen LogP contribution in [0.1, 0.15) is 21.6 Å². The van der Waals surface area contributed by atoms with Crippen LogP contribution in [0.2, 0.25) is 0 Å². The summed E-state index contributed by atoms with van der Waals surface area (Å²) in [4.78, 5) is 12.3. The Morgan fingerprint density at radius 2 is 2.29 bits per heavy atom. The summed E-state index contributed by atoms with van der Waals surface area (Å²) in [5, 5.41) is 9.95. The van der Waals surface area contributed by atoms with E-state index in [1.54, 1.807) is 6.07 Å². The van der Waals surface area contributed by atoms with Crippen LogP contribution >= 0.6 is 0 Å². The number of rotatable bonds is 4. The number of ether oxygens (including phenoxy) is 1. The molecule has 1 amide bonds. The number of benzene rings is 1. The molecule has 3 aromatic rings. The van der Waals surface area contributed by atoms with Crippen LogP contribution in [0.4, 0.5) is 0 Å². The normalized spacial score (nSPS) is 12.7. The molecule has 0 spiro atoms. The minimum atomic E-state index is -0.167. The smallest absolute Gasteiger partial charge is 0.269 e. The van der Waals surface area contributed by atoms with Gasteiger partial charge in [0.25, 0.3) is 5.91 Å². The van der Waals surface area contributed by atoms with Crippen molar-refractivity contribution < 1.29 is 9.53 Å². The Kier molecular flexibility index (Phi) is 3.57. The van der Waals surface area contributed by atoms with E-state index in [4.69, 9.17) is 4.74 Å². The average molecular weight is 322 g/mol. The van der Waals surface area contributed by atoms with E-state index in [0.717, 1.165) is 35.7 Å². The summed E-state index contributed by atoms with van der Waals surface area (Å²) in [6.07, 6.45) is 2.87. The SMILES string of the molecule is Cn1cccc1-c1cc(C(=O)NCc2ccc3c(c2)CCO3)[nH]n1. The van der Waals surface area contributed by atoms with Crippen molar-refractivity contribution in [1.29, 1.82) is 0 Å². The molecular formula is C18H18N4O2. The number of fused-ring (bicyclic) bond motifs is 1. The third-order valence-electron chi connectivity index (χ3n) is 4.24. The first-order chi connectivity index (χ1) is 11.7. The number of aromatic amines is 1. The monoisotopic (exact) mass is 322 g/mol. The van der Waals surface area contributed by atoms with Crippen molar-refractivity contribution in [3.63, 3.8) is 0 Å². The van der Waals surface area contributed by atoms with Crippen LogP contribution in [0.3, 0.4) is 0 Å². The molecule has 1 aromatic carbocycles. The first-order valence-electron chi connectivity index (χ1n) is 7.90. The zero-order valence-corrected chi connectivity index (χ0v) is 13.4. The lowest BCUT2D eigenvalue weighted by Gasteiger charge is -2.05. The fourth-order valence-electron chi connectivity index (χ4n) is 2.92. The molecule has 0 atom stereocenters. The quantitative estimate of drug-likeness (QED) is 0.774. The highest BCUT2D eigenvalue weighted by molar-refractivity contribution is 5.93. The zero-order valence-electron chi connectivity index (χ0n) is 13.4. The van der Waals surface area contributed by atoms with E-state index in [9.17, 15) is 4.79 Å². The highest BCUT2D eigenvalue weighted by Crippen LogP contribution is 2.25. The standard InChI is InChI=1S/C18H18N4O2/c1-22-7-2-3-16(22)14-10-15(21-20-14)18(23)19-11-12-4-5-17-13(9-12)6-8-24-17/h2-5,7,9-10H,6,8,11H2,1H3,(H,19,23)(H,20,21). The molecule has 2 N–H and O–H groups in total. The molecule has 3 heterocycles. The number of aryl methyl sites for hydroxylation is 1. The van der Waals surface area contributed by atoms with Crippen molar-refractivity contribution in [2.75, 3.05) is 6.61 Å². The number of amides is 1. The van der Waals surface area contributed by atoms with E-state index in [1.807, 2.05) is 42.1 Å². The lowest BCUT2D eigenvalue weighted by atomic mass is 10.1. The Morgan fingerprint density at radius 1 is 1.38 bits per heavy atom. The van der Waals surface area contributed by atoms with E-state index in [0.29, 0.717) is 12.2 Å². The zero-order chi connectivity index (χ0) is 16.5. The number of H-pyrrole nitrogens is 1. The van der Waals surface area contributed by atoms with Crippen LogP contribution in [0.25, 0.3) is 11.4 Å². The van der Waals surface area contributed by atoms with E-state index < -0.39 is 0 Å². The van der Waals surface area contributed by atoms with E-state index >= 15 is 0 Å². The van der Waals surface area contributed by atoms with Crippen molar-refractivity contribution in [3.8, 4) is 17.1 Å². The summed E-state index contributed by atoms with van der Waals surface area (Å²) < 4.78 is 7.46. The minimum absolute atomic E-state index is 0.167. The van der Waals surface area contributed by atoms with Crippen LogP contribution in [-0.2, 0) is 20.0 Å². The maximum atomic E-state index is 12.3. The molecule has 1 aliphatic rings. The van der Waals surface area contributed by atoms with Crippen LogP contribution in [0, 0.1) is 0 Å². The Labute approximate surface area is 139 Å². The maximum Gasteiger partial charge on any atom is 0.269 e. The van der Waals surface area contributed by atoms with Crippen molar-refractivity contribution in [2.24, 2.45) is 7.05 Å². The van der Waals surface area contributed by atoms with Gasteiger partial charge >= 0.3 is 0 Å². The third kappa shape index (κ3) is 2.67. The largest absolute Gasteiger partial charge is 0.493 e. The summed E-state index contributed by atoms with van der Waals surface area (Å²) in [5.74, 6) is 0.783. The maximum absolute atomic E-state index is 12.3. The van der Waals surface area contributed by atoms with Crippen molar-refractivity contribution in [1.82, 2.24) is 20.1 Å². The molecule has 24 heavy (non-hydrogen) atoms. The highest BCUT2D eigenvalue weighted by Gasteiger charge is 2.14. The molecule has 0 saturated carbocycles. The van der Waals surface area contributed by atoms with Gasteiger partial charge in [-0.25, -0.2) is 0 Å². The van der Waals surface area contributed by atoms with Gasteiger partial charge in [0.05, 0.1) is 12.3 Å². The molecule has 0 bridgehead atoms. The minimum Gasteiger partial charge on any atom is -0.493 e. The Hall–Kier alpha value is -3.02. The Bertz CT molecular complexity index is 894. The number of nitrogens with one attached hydrogen (secondary N) is 2. The van der Waals surface area contributed by atoms with Gasteiger partial charge in [0, 0.05) is 26.2 Å². The van der Waals surface area contributed by atoms with Gasteiger partial charge in [-0.15, -0.1) is 0 Å². The second kappa shape index (κ2) is 5.88. The van der Waals surface area contributed by atoms with Gasteiger partial charge in [-0.1, -0.05) is 12.1 Å². The van der Waals surface area contributed by atoms with Gasteiger partial charge in [-0.3, -0.25) is 9.89 Å². The molecule has 6 nitrogen and oxygen atoms in total. The molecule has 4 rings (SSSR count). The predicted molar refractivity (Wildman–Crippen MR) is 89.8 cm³/mol. The third-order valence-corrected chi connectivity index (χ3v) is 4.24. The van der Waals surface area contributed by atoms with Gasteiger partial charge in [-0.05, 0) is 35.4 Å². The van der Waals surface area contributed by atoms with Crippen LogP contribution < -0.4 is 10.1 Å². The number of aromatic nitrogens is 3. The molecule has 0 saturated heterocycles. The molecule has 6 heteroatoms. The summed E-state index contributed by atoms with van der Waals surface area (Å²) in [6.45, 7) is 1.21. The van der Waals surface area contributed by atoms with E-state index in [1.165, 1.54) is 5.56 Å². The number of nitrogens with zero attached hydrogens (tertiary/aromatic N) is 2. The van der Waals surface area contributed by atoms with Crippen molar-refractivity contribution in [2.45, 2.75) is 13.0 Å². The summed E-state index contributed by atoms with van der Waals surface area (Å²) >= 11 is 0. The number of carbonyl (C=O) groups excluding carboxylic acids is 1. The topological polar surface area (TPSA) is 71.9 Å². The average Bonchev–Trinajstić information content (AvgIpc) is 3.31. The molecule has 0 unspecified atom stereocenters. The van der Waals surface area contributed by atoms with E-state index in [2.05, 4.69) is 21.6 Å². The second-order valence-electron chi connectivity index (χ2n) is 5.89. The van der Waals surface area contributed by atoms with Gasteiger partial charge in [0.15, 0.2) is 0 Å². The van der Waals surface area contributed by atoms with Gasteiger partial charge < -0.3 is 14.6 Å². The van der Waals surface area contributed by atoms with Gasteiger partial charge in [-0.2, -0.15) is 5.10 Å². The lowest BCUT2D eigenvalue weighted by Crippen LogP contribution is -2.23. The highest BCUT2D eigenvalue weighted by atomic mass is 16.5. The molecule has 1 aliphatic heterocycles. The second-order valence-corrected chi connectivity index (χ2v) is 5.89. The Morgan fingerprint density at radius 3 is 3.12 bits per heavy atom. The lowest BCUT2D eigenvalue weighted by molar-refractivity contribution is 0.0946. The summed E-state index contributed by atoms with van der Waals surface area (Å²) in [5.41, 5.74) is 4.44. The molecular weight excluding hydrogens is 304 g/mol. The molecule has 0 radical (unpaired) electrons. The van der Waals surface area contributed by atoms with Crippen molar-refractivity contribution in [3.05, 3.63) is 59.4 Å². The number of hydrogen-bond donors (Lipinski definition) is 2. The van der Waals surface area contributed by atoms with E-state index in [-0.39, 0.29) is 5.91 Å². The van der Waals surface area contributed by atoms with Crippen LogP contribution in [-0.4, -0.2) is 27.3 Å². The summed E-state index contributed by atoms with van der Waals surface area (Å²) in [6, 6.07) is 11.7.